The van der Waals surface area contributed by atoms with Gasteiger partial charge >= 0.3 is 5.97 Å². The molecule has 0 fully saturated rings. The molecule has 0 N–H and O–H groups in total. The van der Waals surface area contributed by atoms with Gasteiger partial charge in [-0.1, -0.05) is 5.92 Å². The zero-order valence-corrected chi connectivity index (χ0v) is 10.1. The van der Waals surface area contributed by atoms with Gasteiger partial charge in [-0.3, -0.25) is 4.79 Å². The van der Waals surface area contributed by atoms with Crippen molar-refractivity contribution in [2.24, 2.45) is 0 Å². The van der Waals surface area contributed by atoms with E-state index in [1.807, 2.05) is 0 Å². The van der Waals surface area contributed by atoms with Gasteiger partial charge in [0.25, 0.3) is 0 Å². The summed E-state index contributed by atoms with van der Waals surface area (Å²) in [6.07, 6.45) is 5.90. The Morgan fingerprint density at radius 1 is 1.35 bits per heavy atom. The molecule has 88 valence electrons. The fraction of sp³-hybridized carbons (Fsp3) is 0.286. The van der Waals surface area contributed by atoms with E-state index in [4.69, 9.17) is 11.2 Å². The van der Waals surface area contributed by atoms with Crippen LogP contribution in [0.4, 0.5) is 0 Å². The molecule has 17 heavy (non-hydrogen) atoms. The van der Waals surface area contributed by atoms with Gasteiger partial charge in [-0.05, 0) is 39.0 Å². The highest BCUT2D eigenvalue weighted by Crippen LogP contribution is 2.14. The Hall–Kier alpha value is -2.08. The average Bonchev–Trinajstić information content (AvgIpc) is 2.26. The largest absolute Gasteiger partial charge is 0.456 e. The zero-order chi connectivity index (χ0) is 13.1. The van der Waals surface area contributed by atoms with Crippen LogP contribution >= 0.6 is 0 Å². The van der Waals surface area contributed by atoms with E-state index in [9.17, 15) is 9.59 Å². The molecule has 0 aliphatic carbocycles. The first-order valence-electron chi connectivity index (χ1n) is 5.16. The van der Waals surface area contributed by atoms with Crippen LogP contribution in [0.1, 0.15) is 47.1 Å². The Kier molecular flexibility index (Phi) is 3.69. The summed E-state index contributed by atoms with van der Waals surface area (Å²) in [5, 5.41) is 0. The maximum Gasteiger partial charge on any atom is 0.338 e. The molecule has 1 aromatic carbocycles. The first-order valence-corrected chi connectivity index (χ1v) is 5.16. The number of esters is 1. The average molecular weight is 230 g/mol. The lowest BCUT2D eigenvalue weighted by atomic mass is 10.1. The summed E-state index contributed by atoms with van der Waals surface area (Å²) in [5.41, 5.74) is 0.555. The van der Waals surface area contributed by atoms with Crippen molar-refractivity contribution in [3.63, 3.8) is 0 Å². The summed E-state index contributed by atoms with van der Waals surface area (Å²) in [4.78, 5) is 22.5. The molecule has 0 amide bonds. The summed E-state index contributed by atoms with van der Waals surface area (Å²) in [5.74, 6) is 1.90. The second kappa shape index (κ2) is 4.84. The Labute approximate surface area is 101 Å². The van der Waals surface area contributed by atoms with Crippen LogP contribution in [0.25, 0.3) is 0 Å². The SMILES string of the molecule is C#Cc1cc(C=O)cc(C(=O)OC(C)(C)C)c1. The third-order valence-electron chi connectivity index (χ3n) is 1.89. The second-order valence-corrected chi connectivity index (χ2v) is 4.61. The van der Waals surface area contributed by atoms with Gasteiger partial charge in [0.1, 0.15) is 11.9 Å². The monoisotopic (exact) mass is 230 g/mol. The van der Waals surface area contributed by atoms with E-state index in [1.165, 1.54) is 12.1 Å². The molecule has 0 spiro atoms. The molecule has 0 heterocycles. The van der Waals surface area contributed by atoms with E-state index in [0.717, 1.165) is 0 Å². The number of hydrogen-bond donors (Lipinski definition) is 0. The highest BCUT2D eigenvalue weighted by molar-refractivity contribution is 5.92. The summed E-state index contributed by atoms with van der Waals surface area (Å²) in [6, 6.07) is 4.53. The van der Waals surface area contributed by atoms with Crippen LogP contribution in [-0.2, 0) is 4.74 Å². The first-order chi connectivity index (χ1) is 7.85. The predicted octanol–water partition coefficient (Wildman–Crippen LogP) is 2.44. The van der Waals surface area contributed by atoms with Crippen molar-refractivity contribution in [2.75, 3.05) is 0 Å². The molecule has 0 radical (unpaired) electrons. The fourth-order valence-corrected chi connectivity index (χ4v) is 1.26. The van der Waals surface area contributed by atoms with Crippen LogP contribution in [0.5, 0.6) is 0 Å². The molecule has 0 saturated carbocycles. The Morgan fingerprint density at radius 2 is 2.00 bits per heavy atom. The fourth-order valence-electron chi connectivity index (χ4n) is 1.26. The van der Waals surface area contributed by atoms with Crippen LogP contribution in [0.3, 0.4) is 0 Å². The minimum absolute atomic E-state index is 0.289. The topological polar surface area (TPSA) is 43.4 Å². The Balaban J connectivity index is 3.10. The highest BCUT2D eigenvalue weighted by atomic mass is 16.6. The summed E-state index contributed by atoms with van der Waals surface area (Å²) >= 11 is 0. The Bertz CT molecular complexity index is 487. The minimum Gasteiger partial charge on any atom is -0.456 e. The molecule has 0 atom stereocenters. The van der Waals surface area contributed by atoms with Gasteiger partial charge in [-0.15, -0.1) is 6.42 Å². The zero-order valence-electron chi connectivity index (χ0n) is 10.1. The van der Waals surface area contributed by atoms with Gasteiger partial charge in [-0.2, -0.15) is 0 Å². The molecule has 0 saturated heterocycles. The first kappa shape index (κ1) is 13.0. The van der Waals surface area contributed by atoms with E-state index in [-0.39, 0.29) is 5.56 Å². The number of benzene rings is 1. The maximum atomic E-state index is 11.8. The van der Waals surface area contributed by atoms with Gasteiger partial charge < -0.3 is 4.74 Å². The number of aldehydes is 1. The van der Waals surface area contributed by atoms with Crippen molar-refractivity contribution in [1.29, 1.82) is 0 Å². The van der Waals surface area contributed by atoms with Crippen LogP contribution in [0.15, 0.2) is 18.2 Å². The molecule has 1 rings (SSSR count). The van der Waals surface area contributed by atoms with Gasteiger partial charge in [-0.25, -0.2) is 4.79 Å². The standard InChI is InChI=1S/C14H14O3/c1-5-10-6-11(9-15)8-12(7-10)13(16)17-14(2,3)4/h1,6-9H,2-4H3. The molecule has 1 aromatic rings. The molecule has 3 nitrogen and oxygen atoms in total. The van der Waals surface area contributed by atoms with E-state index in [0.29, 0.717) is 17.4 Å². The van der Waals surface area contributed by atoms with Crippen LogP contribution in [0, 0.1) is 12.3 Å². The lowest BCUT2D eigenvalue weighted by molar-refractivity contribution is 0.00695. The van der Waals surface area contributed by atoms with Gasteiger partial charge in [0, 0.05) is 11.1 Å². The molecule has 0 aromatic heterocycles. The summed E-state index contributed by atoms with van der Waals surface area (Å²) in [6.45, 7) is 5.32. The van der Waals surface area contributed by atoms with Gasteiger partial charge in [0.15, 0.2) is 0 Å². The molecule has 0 bridgehead atoms. The number of terminal acetylenes is 1. The third kappa shape index (κ3) is 3.76. The Morgan fingerprint density at radius 3 is 2.47 bits per heavy atom. The maximum absolute atomic E-state index is 11.8. The number of carbonyl (C=O) groups is 2. The van der Waals surface area contributed by atoms with E-state index in [2.05, 4.69) is 5.92 Å². The van der Waals surface area contributed by atoms with Crippen LogP contribution < -0.4 is 0 Å². The normalized spacial score (nSPS) is 10.5. The quantitative estimate of drug-likeness (QED) is 0.445. The number of hydrogen-bond acceptors (Lipinski definition) is 3. The molecular weight excluding hydrogens is 216 g/mol. The van der Waals surface area contributed by atoms with Crippen molar-refractivity contribution < 1.29 is 14.3 Å². The number of ether oxygens (including phenoxy) is 1. The van der Waals surface area contributed by atoms with Gasteiger partial charge in [0.2, 0.25) is 0 Å². The van der Waals surface area contributed by atoms with Crippen molar-refractivity contribution >= 4 is 12.3 Å². The molecule has 0 unspecified atom stereocenters. The highest BCUT2D eigenvalue weighted by Gasteiger charge is 2.18. The van der Waals surface area contributed by atoms with Gasteiger partial charge in [0.05, 0.1) is 5.56 Å². The summed E-state index contributed by atoms with van der Waals surface area (Å²) in [7, 11) is 0. The number of carbonyl (C=O) groups excluding carboxylic acids is 2. The third-order valence-corrected chi connectivity index (χ3v) is 1.89. The number of rotatable bonds is 2. The summed E-state index contributed by atoms with van der Waals surface area (Å²) < 4.78 is 5.20. The van der Waals surface area contributed by atoms with Crippen LogP contribution in [-0.4, -0.2) is 17.9 Å². The van der Waals surface area contributed by atoms with Crippen molar-refractivity contribution in [3.05, 3.63) is 34.9 Å². The predicted molar refractivity (Wildman–Crippen MR) is 64.9 cm³/mol. The molecule has 3 heteroatoms. The molecule has 0 aliphatic heterocycles. The second-order valence-electron chi connectivity index (χ2n) is 4.61. The smallest absolute Gasteiger partial charge is 0.338 e. The molecular formula is C14H14O3. The lowest BCUT2D eigenvalue weighted by Crippen LogP contribution is -2.24. The van der Waals surface area contributed by atoms with Crippen molar-refractivity contribution in [3.8, 4) is 12.3 Å². The lowest BCUT2D eigenvalue weighted by Gasteiger charge is -2.19. The minimum atomic E-state index is -0.579. The van der Waals surface area contributed by atoms with E-state index < -0.39 is 11.6 Å². The van der Waals surface area contributed by atoms with E-state index >= 15 is 0 Å². The van der Waals surface area contributed by atoms with Crippen molar-refractivity contribution in [1.82, 2.24) is 0 Å². The van der Waals surface area contributed by atoms with Crippen molar-refractivity contribution in [2.45, 2.75) is 26.4 Å². The molecule has 0 aliphatic rings. The van der Waals surface area contributed by atoms with Crippen LogP contribution in [0.2, 0.25) is 0 Å². The van der Waals surface area contributed by atoms with E-state index in [1.54, 1.807) is 26.8 Å².